The van der Waals surface area contributed by atoms with Crippen LogP contribution in [0.1, 0.15) is 11.1 Å². The molecule has 0 amide bonds. The molecule has 2 aromatic rings. The number of pyridine rings is 1. The third-order valence-electron chi connectivity index (χ3n) is 3.23. The van der Waals surface area contributed by atoms with E-state index in [0.717, 1.165) is 4.57 Å². The van der Waals surface area contributed by atoms with Crippen molar-refractivity contribution in [3.63, 3.8) is 0 Å². The molecule has 2 rings (SSSR count). The number of aliphatic hydroxyl groups is 1. The third kappa shape index (κ3) is 3.04. The molecule has 0 atom stereocenters. The molecule has 0 aliphatic rings. The largest absolute Gasteiger partial charge is 0.506 e. The van der Waals surface area contributed by atoms with Crippen molar-refractivity contribution < 1.29 is 15.3 Å². The lowest BCUT2D eigenvalue weighted by molar-refractivity contribution is 0.263. The minimum Gasteiger partial charge on any atom is -0.506 e. The van der Waals surface area contributed by atoms with Gasteiger partial charge in [-0.2, -0.15) is 5.26 Å². The standard InChI is InChI=1S/C15H14N4O4/c1-9-10(8-16)14(22)19(6-7-20)15(23)13(9)18-17-11-4-2-3-5-12(11)21/h2-5,20-22H,6-7H2,1H3. The molecule has 0 unspecified atom stereocenters. The molecule has 1 heterocycles. The number of phenolic OH excluding ortho intramolecular Hbond substituents is 1. The van der Waals surface area contributed by atoms with Gasteiger partial charge in [0.15, 0.2) is 5.69 Å². The monoisotopic (exact) mass is 314 g/mol. The molecule has 23 heavy (non-hydrogen) atoms. The highest BCUT2D eigenvalue weighted by Crippen LogP contribution is 2.29. The van der Waals surface area contributed by atoms with Gasteiger partial charge >= 0.3 is 0 Å². The smallest absolute Gasteiger partial charge is 0.281 e. The van der Waals surface area contributed by atoms with Crippen molar-refractivity contribution in [3.05, 3.63) is 45.7 Å². The number of nitriles is 1. The Bertz CT molecular complexity index is 865. The van der Waals surface area contributed by atoms with Crippen LogP contribution in [0.4, 0.5) is 11.4 Å². The molecule has 0 aliphatic heterocycles. The fourth-order valence-corrected chi connectivity index (χ4v) is 2.02. The Morgan fingerprint density at radius 2 is 1.96 bits per heavy atom. The second-order valence-corrected chi connectivity index (χ2v) is 4.65. The highest BCUT2D eigenvalue weighted by atomic mass is 16.3. The van der Waals surface area contributed by atoms with E-state index in [-0.39, 0.29) is 34.8 Å². The first kappa shape index (κ1) is 16.2. The molecule has 0 saturated carbocycles. The van der Waals surface area contributed by atoms with E-state index in [2.05, 4.69) is 10.2 Å². The van der Waals surface area contributed by atoms with Crippen molar-refractivity contribution in [2.45, 2.75) is 13.5 Å². The van der Waals surface area contributed by atoms with Crippen molar-refractivity contribution >= 4 is 11.4 Å². The summed E-state index contributed by atoms with van der Waals surface area (Å²) in [5, 5.41) is 45.4. The van der Waals surface area contributed by atoms with Gasteiger partial charge in [-0.05, 0) is 19.1 Å². The molecule has 0 aliphatic carbocycles. The van der Waals surface area contributed by atoms with E-state index in [1.54, 1.807) is 18.2 Å². The van der Waals surface area contributed by atoms with Crippen LogP contribution < -0.4 is 5.56 Å². The molecule has 3 N–H and O–H groups in total. The second kappa shape index (κ2) is 6.72. The van der Waals surface area contributed by atoms with Gasteiger partial charge in [-0.3, -0.25) is 9.36 Å². The molecule has 8 nitrogen and oxygen atoms in total. The Morgan fingerprint density at radius 1 is 1.26 bits per heavy atom. The Morgan fingerprint density at radius 3 is 2.57 bits per heavy atom. The summed E-state index contributed by atoms with van der Waals surface area (Å²) < 4.78 is 0.852. The number of aromatic hydroxyl groups is 2. The quantitative estimate of drug-likeness (QED) is 0.741. The summed E-state index contributed by atoms with van der Waals surface area (Å²) in [6.07, 6.45) is 0. The average Bonchev–Trinajstić information content (AvgIpc) is 2.53. The SMILES string of the molecule is Cc1c(C#N)c(O)n(CCO)c(=O)c1N=Nc1ccccc1O. The zero-order valence-electron chi connectivity index (χ0n) is 12.3. The maximum Gasteiger partial charge on any atom is 0.281 e. The fourth-order valence-electron chi connectivity index (χ4n) is 2.02. The molecule has 8 heteroatoms. The maximum absolute atomic E-state index is 12.3. The van der Waals surface area contributed by atoms with Crippen LogP contribution in [-0.2, 0) is 6.54 Å². The molecular formula is C15H14N4O4. The molecule has 0 fully saturated rings. The molecular weight excluding hydrogens is 300 g/mol. The summed E-state index contributed by atoms with van der Waals surface area (Å²) in [6.45, 7) is 0.887. The normalized spacial score (nSPS) is 10.8. The Hall–Kier alpha value is -3.18. The molecule has 0 radical (unpaired) electrons. The highest BCUT2D eigenvalue weighted by Gasteiger charge is 2.18. The van der Waals surface area contributed by atoms with Crippen molar-refractivity contribution in [2.24, 2.45) is 10.2 Å². The summed E-state index contributed by atoms with van der Waals surface area (Å²) >= 11 is 0. The second-order valence-electron chi connectivity index (χ2n) is 4.65. The minimum absolute atomic E-state index is 0.108. The minimum atomic E-state index is -0.688. The van der Waals surface area contributed by atoms with Gasteiger partial charge in [-0.1, -0.05) is 12.1 Å². The number of para-hydroxylation sites is 1. The van der Waals surface area contributed by atoms with E-state index in [4.69, 9.17) is 10.4 Å². The molecule has 0 bridgehead atoms. The van der Waals surface area contributed by atoms with Crippen LogP contribution in [0.3, 0.4) is 0 Å². The van der Waals surface area contributed by atoms with E-state index in [0.29, 0.717) is 0 Å². The summed E-state index contributed by atoms with van der Waals surface area (Å²) in [4.78, 5) is 12.3. The first-order chi connectivity index (χ1) is 11.0. The lowest BCUT2D eigenvalue weighted by Gasteiger charge is -2.11. The van der Waals surface area contributed by atoms with Gasteiger partial charge in [-0.15, -0.1) is 10.2 Å². The van der Waals surface area contributed by atoms with Crippen LogP contribution in [0.2, 0.25) is 0 Å². The van der Waals surface area contributed by atoms with Gasteiger partial charge in [0, 0.05) is 5.56 Å². The zero-order valence-corrected chi connectivity index (χ0v) is 12.3. The average molecular weight is 314 g/mol. The van der Waals surface area contributed by atoms with Crippen molar-refractivity contribution in [3.8, 4) is 17.7 Å². The van der Waals surface area contributed by atoms with Gasteiger partial charge in [0.1, 0.15) is 23.1 Å². The summed E-state index contributed by atoms with van der Waals surface area (Å²) in [5.41, 5.74) is -0.623. The van der Waals surface area contributed by atoms with E-state index in [9.17, 15) is 15.0 Å². The van der Waals surface area contributed by atoms with E-state index in [1.165, 1.54) is 19.1 Å². The van der Waals surface area contributed by atoms with Crippen molar-refractivity contribution in [1.82, 2.24) is 4.57 Å². The van der Waals surface area contributed by atoms with Crippen LogP contribution in [0, 0.1) is 18.3 Å². The number of hydrogen-bond acceptors (Lipinski definition) is 7. The zero-order chi connectivity index (χ0) is 17.0. The predicted molar refractivity (Wildman–Crippen MR) is 81.2 cm³/mol. The van der Waals surface area contributed by atoms with Crippen molar-refractivity contribution in [2.75, 3.05) is 6.61 Å². The summed E-state index contributed by atoms with van der Waals surface area (Å²) in [6, 6.07) is 7.98. The molecule has 1 aromatic heterocycles. The first-order valence-electron chi connectivity index (χ1n) is 6.68. The Balaban J connectivity index is 2.63. The maximum atomic E-state index is 12.3. The lowest BCUT2D eigenvalue weighted by Crippen LogP contribution is -2.23. The molecule has 1 aromatic carbocycles. The Kier molecular flexibility index (Phi) is 4.73. The lowest BCUT2D eigenvalue weighted by atomic mass is 10.1. The van der Waals surface area contributed by atoms with Crippen LogP contribution in [-0.4, -0.2) is 26.5 Å². The number of aliphatic hydroxyl groups excluding tert-OH is 1. The number of azo groups is 1. The van der Waals surface area contributed by atoms with Crippen LogP contribution in [0.15, 0.2) is 39.3 Å². The number of rotatable bonds is 4. The first-order valence-corrected chi connectivity index (χ1v) is 6.68. The van der Waals surface area contributed by atoms with Gasteiger partial charge in [-0.25, -0.2) is 0 Å². The van der Waals surface area contributed by atoms with Crippen LogP contribution in [0.5, 0.6) is 11.6 Å². The number of hydrogen-bond donors (Lipinski definition) is 3. The number of benzene rings is 1. The highest BCUT2D eigenvalue weighted by molar-refractivity contribution is 5.57. The van der Waals surface area contributed by atoms with Crippen LogP contribution >= 0.6 is 0 Å². The third-order valence-corrected chi connectivity index (χ3v) is 3.23. The van der Waals surface area contributed by atoms with E-state index >= 15 is 0 Å². The van der Waals surface area contributed by atoms with Gasteiger partial charge in [0.25, 0.3) is 5.56 Å². The fraction of sp³-hybridized carbons (Fsp3) is 0.200. The summed E-state index contributed by atoms with van der Waals surface area (Å²) in [7, 11) is 0. The number of nitrogens with zero attached hydrogens (tertiary/aromatic N) is 4. The van der Waals surface area contributed by atoms with Gasteiger partial charge < -0.3 is 15.3 Å². The van der Waals surface area contributed by atoms with Crippen molar-refractivity contribution in [1.29, 1.82) is 5.26 Å². The van der Waals surface area contributed by atoms with Gasteiger partial charge in [0.2, 0.25) is 5.88 Å². The van der Waals surface area contributed by atoms with Crippen LogP contribution in [0.25, 0.3) is 0 Å². The molecule has 0 spiro atoms. The van der Waals surface area contributed by atoms with E-state index in [1.807, 2.05) is 0 Å². The Labute approximate surface area is 131 Å². The molecule has 0 saturated heterocycles. The molecule has 118 valence electrons. The van der Waals surface area contributed by atoms with E-state index < -0.39 is 18.0 Å². The number of phenols is 1. The summed E-state index contributed by atoms with van der Waals surface area (Å²) in [5.74, 6) is -0.630. The van der Waals surface area contributed by atoms with Gasteiger partial charge in [0.05, 0.1) is 13.2 Å². The predicted octanol–water partition coefficient (Wildman–Crippen LogP) is 1.85. The topological polar surface area (TPSA) is 131 Å². The number of aromatic nitrogens is 1.